The molecule has 0 spiro atoms. The molecule has 0 bridgehead atoms. The topological polar surface area (TPSA) is 55.3 Å². The molecule has 0 fully saturated rings. The number of hydrogen-bond acceptors (Lipinski definition) is 4. The fourth-order valence-corrected chi connectivity index (χ4v) is 3.38. The monoisotopic (exact) mass is 383 g/mol. The predicted octanol–water partition coefficient (Wildman–Crippen LogP) is 4.58. The molecular weight excluding hydrogens is 362 g/mol. The number of benzene rings is 2. The summed E-state index contributed by atoms with van der Waals surface area (Å²) in [5.41, 5.74) is 3.96. The second-order valence-corrected chi connectivity index (χ2v) is 6.79. The zero-order chi connectivity index (χ0) is 20.2. The number of aromatic nitrogens is 2. The third kappa shape index (κ3) is 3.80. The molecule has 144 valence electrons. The van der Waals surface area contributed by atoms with Gasteiger partial charge in [-0.3, -0.25) is 9.78 Å². The molecule has 0 aliphatic carbocycles. The van der Waals surface area contributed by atoms with E-state index in [-0.39, 0.29) is 5.91 Å². The van der Waals surface area contributed by atoms with E-state index in [0.29, 0.717) is 12.1 Å². The van der Waals surface area contributed by atoms with E-state index in [2.05, 4.69) is 4.98 Å². The molecule has 0 saturated heterocycles. The molecule has 0 atom stereocenters. The lowest BCUT2D eigenvalue weighted by atomic mass is 10.0. The third-order valence-electron chi connectivity index (χ3n) is 4.85. The van der Waals surface area contributed by atoms with Gasteiger partial charge in [0.05, 0.1) is 23.9 Å². The highest BCUT2D eigenvalue weighted by Gasteiger charge is 2.18. The molecule has 0 N–H and O–H groups in total. The van der Waals surface area contributed by atoms with Gasteiger partial charge in [-0.1, -0.05) is 36.4 Å². The minimum absolute atomic E-state index is 0.0698. The Bertz CT molecular complexity index is 1160. The molecular formula is C24H21N3O2. The van der Waals surface area contributed by atoms with Crippen LogP contribution in [0.1, 0.15) is 15.9 Å². The van der Waals surface area contributed by atoms with Gasteiger partial charge in [0.1, 0.15) is 5.75 Å². The van der Waals surface area contributed by atoms with Crippen molar-refractivity contribution < 1.29 is 9.53 Å². The highest BCUT2D eigenvalue weighted by atomic mass is 16.5. The first-order chi connectivity index (χ1) is 14.2. The van der Waals surface area contributed by atoms with E-state index in [1.807, 2.05) is 66.7 Å². The Morgan fingerprint density at radius 1 is 1.03 bits per heavy atom. The van der Waals surface area contributed by atoms with E-state index in [0.717, 1.165) is 33.5 Å². The van der Waals surface area contributed by atoms with Crippen LogP contribution in [0.5, 0.6) is 5.75 Å². The number of carbonyl (C=O) groups is 1. The van der Waals surface area contributed by atoms with Crippen molar-refractivity contribution in [2.75, 3.05) is 14.2 Å². The van der Waals surface area contributed by atoms with Gasteiger partial charge in [0.15, 0.2) is 0 Å². The minimum atomic E-state index is -0.0698. The number of amides is 1. The summed E-state index contributed by atoms with van der Waals surface area (Å²) in [4.78, 5) is 24.0. The molecule has 2 aromatic carbocycles. The van der Waals surface area contributed by atoms with Crippen molar-refractivity contribution in [2.24, 2.45) is 0 Å². The Hall–Kier alpha value is -3.73. The number of nitrogens with zero attached hydrogens (tertiary/aromatic N) is 3. The zero-order valence-corrected chi connectivity index (χ0v) is 16.4. The molecule has 4 aromatic rings. The van der Waals surface area contributed by atoms with E-state index < -0.39 is 0 Å². The van der Waals surface area contributed by atoms with Crippen LogP contribution in [0, 0.1) is 0 Å². The van der Waals surface area contributed by atoms with Crippen LogP contribution < -0.4 is 4.74 Å². The van der Waals surface area contributed by atoms with E-state index in [4.69, 9.17) is 9.72 Å². The fourth-order valence-electron chi connectivity index (χ4n) is 3.38. The van der Waals surface area contributed by atoms with Crippen LogP contribution in [0.25, 0.3) is 22.2 Å². The number of carbonyl (C=O) groups excluding carboxylic acids is 1. The normalized spacial score (nSPS) is 10.7. The van der Waals surface area contributed by atoms with Crippen molar-refractivity contribution in [2.45, 2.75) is 6.54 Å². The molecule has 4 rings (SSSR count). The van der Waals surface area contributed by atoms with Crippen LogP contribution in [0.15, 0.2) is 79.1 Å². The van der Waals surface area contributed by atoms with Gasteiger partial charge in [0.2, 0.25) is 0 Å². The molecule has 2 aromatic heterocycles. The molecule has 0 aliphatic heterocycles. The number of pyridine rings is 2. The summed E-state index contributed by atoms with van der Waals surface area (Å²) in [5.74, 6) is 0.697. The van der Waals surface area contributed by atoms with E-state index in [1.165, 1.54) is 0 Å². The summed E-state index contributed by atoms with van der Waals surface area (Å²) in [6.07, 6.45) is 3.47. The van der Waals surface area contributed by atoms with Gasteiger partial charge in [-0.15, -0.1) is 0 Å². The van der Waals surface area contributed by atoms with Crippen LogP contribution >= 0.6 is 0 Å². The summed E-state index contributed by atoms with van der Waals surface area (Å²) >= 11 is 0. The summed E-state index contributed by atoms with van der Waals surface area (Å²) in [5, 5.41) is 0.831. The first kappa shape index (κ1) is 18.6. The summed E-state index contributed by atoms with van der Waals surface area (Å²) in [6.45, 7) is 0.446. The van der Waals surface area contributed by atoms with Crippen molar-refractivity contribution in [3.8, 4) is 17.0 Å². The van der Waals surface area contributed by atoms with Gasteiger partial charge in [-0.2, -0.15) is 0 Å². The largest absolute Gasteiger partial charge is 0.496 e. The fraction of sp³-hybridized carbons (Fsp3) is 0.125. The van der Waals surface area contributed by atoms with Crippen LogP contribution in [0.2, 0.25) is 0 Å². The molecule has 0 saturated carbocycles. The van der Waals surface area contributed by atoms with Gasteiger partial charge in [-0.05, 0) is 30.3 Å². The van der Waals surface area contributed by atoms with Crippen molar-refractivity contribution in [3.63, 3.8) is 0 Å². The van der Waals surface area contributed by atoms with Crippen molar-refractivity contribution in [1.29, 1.82) is 0 Å². The smallest absolute Gasteiger partial charge is 0.254 e. The van der Waals surface area contributed by atoms with Crippen molar-refractivity contribution in [1.82, 2.24) is 14.9 Å². The third-order valence-corrected chi connectivity index (χ3v) is 4.85. The molecule has 5 heteroatoms. The number of methoxy groups -OCH3 is 1. The van der Waals surface area contributed by atoms with E-state index in [9.17, 15) is 4.79 Å². The van der Waals surface area contributed by atoms with Crippen LogP contribution in [-0.4, -0.2) is 34.9 Å². The molecule has 29 heavy (non-hydrogen) atoms. The molecule has 1 amide bonds. The SMILES string of the molecule is COc1ccccc1CN(C)C(=O)c1cc(-c2cccnc2)nc2ccccc12. The number of fused-ring (bicyclic) bond motifs is 1. The molecule has 2 heterocycles. The van der Waals surface area contributed by atoms with Crippen molar-refractivity contribution in [3.05, 3.63) is 90.3 Å². The Labute approximate surface area is 169 Å². The Kier molecular flexibility index (Phi) is 5.20. The number of para-hydroxylation sites is 2. The predicted molar refractivity (Wildman–Crippen MR) is 114 cm³/mol. The van der Waals surface area contributed by atoms with Crippen LogP contribution in [0.3, 0.4) is 0 Å². The van der Waals surface area contributed by atoms with Crippen molar-refractivity contribution >= 4 is 16.8 Å². The average molecular weight is 383 g/mol. The van der Waals surface area contributed by atoms with Crippen LogP contribution in [0.4, 0.5) is 0 Å². The lowest BCUT2D eigenvalue weighted by Crippen LogP contribution is -2.26. The Balaban J connectivity index is 1.75. The summed E-state index contributed by atoms with van der Waals surface area (Å²) in [7, 11) is 3.44. The zero-order valence-electron chi connectivity index (χ0n) is 16.4. The van der Waals surface area contributed by atoms with Crippen LogP contribution in [-0.2, 0) is 6.54 Å². The lowest BCUT2D eigenvalue weighted by molar-refractivity contribution is 0.0786. The molecule has 0 unspecified atom stereocenters. The highest BCUT2D eigenvalue weighted by Crippen LogP contribution is 2.26. The second-order valence-electron chi connectivity index (χ2n) is 6.79. The quantitative estimate of drug-likeness (QED) is 0.506. The first-order valence-electron chi connectivity index (χ1n) is 9.35. The molecule has 0 radical (unpaired) electrons. The number of ether oxygens (including phenoxy) is 1. The maximum absolute atomic E-state index is 13.4. The maximum atomic E-state index is 13.4. The first-order valence-corrected chi connectivity index (χ1v) is 9.35. The molecule has 5 nitrogen and oxygen atoms in total. The van der Waals surface area contributed by atoms with E-state index in [1.54, 1.807) is 31.5 Å². The number of rotatable bonds is 5. The Morgan fingerprint density at radius 3 is 2.62 bits per heavy atom. The van der Waals surface area contributed by atoms with Gasteiger partial charge in [-0.25, -0.2) is 4.98 Å². The van der Waals surface area contributed by atoms with Gasteiger partial charge in [0, 0.05) is 42.5 Å². The van der Waals surface area contributed by atoms with E-state index >= 15 is 0 Å². The van der Waals surface area contributed by atoms with Gasteiger partial charge >= 0.3 is 0 Å². The second kappa shape index (κ2) is 8.10. The standard InChI is InChI=1S/C24H21N3O2/c1-27(16-18-8-3-6-12-23(18)29-2)24(28)20-14-22(17-9-7-13-25-15-17)26-21-11-5-4-10-19(20)21/h3-15H,16H2,1-2H3. The van der Waals surface area contributed by atoms with Gasteiger partial charge in [0.25, 0.3) is 5.91 Å². The lowest BCUT2D eigenvalue weighted by Gasteiger charge is -2.20. The Morgan fingerprint density at radius 2 is 1.83 bits per heavy atom. The maximum Gasteiger partial charge on any atom is 0.254 e. The van der Waals surface area contributed by atoms with Gasteiger partial charge < -0.3 is 9.64 Å². The minimum Gasteiger partial charge on any atom is -0.496 e. The highest BCUT2D eigenvalue weighted by molar-refractivity contribution is 6.07. The molecule has 0 aliphatic rings. The summed E-state index contributed by atoms with van der Waals surface area (Å²) in [6, 6.07) is 21.1. The summed E-state index contributed by atoms with van der Waals surface area (Å²) < 4.78 is 5.42. The number of hydrogen-bond donors (Lipinski definition) is 0. The average Bonchev–Trinajstić information content (AvgIpc) is 2.78.